The number of nitrogens with one attached hydrogen (secondary N) is 2. The van der Waals surface area contributed by atoms with Gasteiger partial charge in [0.05, 0.1) is 5.56 Å². The molecule has 0 fully saturated rings. The van der Waals surface area contributed by atoms with Crippen molar-refractivity contribution in [1.29, 1.82) is 0 Å². The molecule has 0 saturated carbocycles. The highest BCUT2D eigenvalue weighted by molar-refractivity contribution is 5.93. The van der Waals surface area contributed by atoms with Gasteiger partial charge >= 0.3 is 0 Å². The van der Waals surface area contributed by atoms with Gasteiger partial charge in [-0.1, -0.05) is 54.6 Å². The molecule has 2 N–H and O–H groups in total. The number of aromatic nitrogens is 2. The van der Waals surface area contributed by atoms with Crippen LogP contribution < -0.4 is 10.6 Å². The molecule has 0 saturated heterocycles. The molecule has 0 aliphatic heterocycles. The van der Waals surface area contributed by atoms with E-state index in [2.05, 4.69) is 39.7 Å². The molecule has 5 heteroatoms. The Labute approximate surface area is 147 Å². The summed E-state index contributed by atoms with van der Waals surface area (Å²) < 4.78 is 0. The lowest BCUT2D eigenvalue weighted by Crippen LogP contribution is -2.23. The van der Waals surface area contributed by atoms with E-state index in [9.17, 15) is 4.79 Å². The van der Waals surface area contributed by atoms with Crippen LogP contribution in [0.3, 0.4) is 0 Å². The summed E-state index contributed by atoms with van der Waals surface area (Å²) in [5.41, 5.74) is 3.90. The van der Waals surface area contributed by atoms with Crippen molar-refractivity contribution in [2.75, 3.05) is 5.32 Å². The van der Waals surface area contributed by atoms with E-state index in [4.69, 9.17) is 0 Å². The second-order valence-electron chi connectivity index (χ2n) is 5.74. The van der Waals surface area contributed by atoms with E-state index in [-0.39, 0.29) is 5.91 Å². The number of carbonyl (C=O) groups excluding carboxylic acids is 1. The Morgan fingerprint density at radius 1 is 0.920 bits per heavy atom. The molecule has 126 valence electrons. The fourth-order valence-corrected chi connectivity index (χ4v) is 2.40. The first-order valence-corrected chi connectivity index (χ1v) is 8.15. The second-order valence-corrected chi connectivity index (χ2v) is 5.74. The van der Waals surface area contributed by atoms with Gasteiger partial charge in [-0.25, -0.2) is 9.97 Å². The molecule has 1 heterocycles. The minimum absolute atomic E-state index is 0.186. The van der Waals surface area contributed by atoms with Crippen molar-refractivity contribution in [2.45, 2.75) is 20.0 Å². The minimum Gasteiger partial charge on any atom is -0.350 e. The first-order valence-electron chi connectivity index (χ1n) is 8.15. The Morgan fingerprint density at radius 3 is 2.32 bits per heavy atom. The molecule has 0 bridgehead atoms. The van der Waals surface area contributed by atoms with E-state index in [0.717, 1.165) is 5.56 Å². The highest BCUT2D eigenvalue weighted by Crippen LogP contribution is 2.09. The van der Waals surface area contributed by atoms with Crippen LogP contribution in [0.5, 0.6) is 0 Å². The second kappa shape index (κ2) is 8.06. The molecule has 1 aromatic heterocycles. The Kier molecular flexibility index (Phi) is 5.36. The van der Waals surface area contributed by atoms with E-state index in [1.165, 1.54) is 23.5 Å². The topological polar surface area (TPSA) is 66.9 Å². The first kappa shape index (κ1) is 16.6. The van der Waals surface area contributed by atoms with Crippen molar-refractivity contribution in [3.8, 4) is 0 Å². The van der Waals surface area contributed by atoms with Gasteiger partial charge in [0.1, 0.15) is 0 Å². The Hall–Kier alpha value is -3.21. The summed E-state index contributed by atoms with van der Waals surface area (Å²) >= 11 is 0. The third kappa shape index (κ3) is 4.64. The molecule has 0 aliphatic rings. The number of carbonyl (C=O) groups is 1. The number of aryl methyl sites for hydroxylation is 1. The molecular formula is C20H20N4O. The first-order chi connectivity index (χ1) is 12.2. The molecule has 25 heavy (non-hydrogen) atoms. The Balaban J connectivity index is 1.54. The molecule has 1 amide bonds. The molecule has 5 nitrogen and oxygen atoms in total. The Bertz CT molecular complexity index is 832. The van der Waals surface area contributed by atoms with E-state index in [1.807, 2.05) is 42.5 Å². The standard InChI is InChI=1S/C20H20N4O/c1-15-7-5-6-10-17(15)12-22-20-23-13-18(14-24-20)19(25)21-11-16-8-3-2-4-9-16/h2-10,13-14H,11-12H2,1H3,(H,21,25)(H,22,23,24). The number of anilines is 1. The zero-order valence-electron chi connectivity index (χ0n) is 14.1. The van der Waals surface area contributed by atoms with Gasteiger partial charge in [-0.15, -0.1) is 0 Å². The van der Waals surface area contributed by atoms with Gasteiger partial charge in [0.2, 0.25) is 5.95 Å². The zero-order chi connectivity index (χ0) is 17.5. The SMILES string of the molecule is Cc1ccccc1CNc1ncc(C(=O)NCc2ccccc2)cn1. The summed E-state index contributed by atoms with van der Waals surface area (Å²) in [7, 11) is 0. The number of hydrogen-bond donors (Lipinski definition) is 2. The maximum atomic E-state index is 12.1. The fourth-order valence-electron chi connectivity index (χ4n) is 2.40. The summed E-state index contributed by atoms with van der Waals surface area (Å²) in [6.07, 6.45) is 3.07. The van der Waals surface area contributed by atoms with Gasteiger partial charge in [0.25, 0.3) is 5.91 Å². The summed E-state index contributed by atoms with van der Waals surface area (Å²) in [6.45, 7) is 3.19. The average molecular weight is 332 g/mol. The number of amides is 1. The van der Waals surface area contributed by atoms with Gasteiger partial charge in [-0.2, -0.15) is 0 Å². The fraction of sp³-hybridized carbons (Fsp3) is 0.150. The van der Waals surface area contributed by atoms with Crippen molar-refractivity contribution in [1.82, 2.24) is 15.3 Å². The molecule has 0 spiro atoms. The summed E-state index contributed by atoms with van der Waals surface area (Å²) in [4.78, 5) is 20.6. The molecule has 2 aromatic carbocycles. The predicted molar refractivity (Wildman–Crippen MR) is 98.1 cm³/mol. The third-order valence-electron chi connectivity index (χ3n) is 3.91. The number of hydrogen-bond acceptors (Lipinski definition) is 4. The van der Waals surface area contributed by atoms with E-state index >= 15 is 0 Å². The van der Waals surface area contributed by atoms with Crippen LogP contribution >= 0.6 is 0 Å². The Morgan fingerprint density at radius 2 is 1.60 bits per heavy atom. The van der Waals surface area contributed by atoms with Crippen LogP contribution in [0.15, 0.2) is 67.0 Å². The van der Waals surface area contributed by atoms with Gasteiger partial charge in [-0.05, 0) is 23.6 Å². The van der Waals surface area contributed by atoms with Crippen LogP contribution in [0.2, 0.25) is 0 Å². The molecule has 0 atom stereocenters. The van der Waals surface area contributed by atoms with Crippen LogP contribution in [0.4, 0.5) is 5.95 Å². The van der Waals surface area contributed by atoms with E-state index < -0.39 is 0 Å². The molecule has 0 radical (unpaired) electrons. The van der Waals surface area contributed by atoms with Crippen molar-refractivity contribution in [3.05, 3.63) is 89.2 Å². The normalized spacial score (nSPS) is 10.3. The van der Waals surface area contributed by atoms with E-state index in [1.54, 1.807) is 0 Å². The molecular weight excluding hydrogens is 312 g/mol. The highest BCUT2D eigenvalue weighted by Gasteiger charge is 2.07. The quantitative estimate of drug-likeness (QED) is 0.726. The van der Waals surface area contributed by atoms with Crippen LogP contribution in [-0.2, 0) is 13.1 Å². The molecule has 3 aromatic rings. The van der Waals surface area contributed by atoms with Crippen molar-refractivity contribution in [2.24, 2.45) is 0 Å². The van der Waals surface area contributed by atoms with Gasteiger partial charge in [0.15, 0.2) is 0 Å². The summed E-state index contributed by atoms with van der Waals surface area (Å²) in [6, 6.07) is 17.9. The maximum absolute atomic E-state index is 12.1. The molecule has 0 unspecified atom stereocenters. The summed E-state index contributed by atoms with van der Waals surface area (Å²) in [5, 5.41) is 6.03. The lowest BCUT2D eigenvalue weighted by Gasteiger charge is -2.08. The van der Waals surface area contributed by atoms with Gasteiger partial charge in [-0.3, -0.25) is 4.79 Å². The smallest absolute Gasteiger partial charge is 0.254 e. The average Bonchev–Trinajstić information content (AvgIpc) is 2.67. The van der Waals surface area contributed by atoms with Crippen molar-refractivity contribution >= 4 is 11.9 Å². The lowest BCUT2D eigenvalue weighted by atomic mass is 10.1. The number of rotatable bonds is 6. The zero-order valence-corrected chi connectivity index (χ0v) is 14.1. The van der Waals surface area contributed by atoms with Crippen LogP contribution in [0.25, 0.3) is 0 Å². The van der Waals surface area contributed by atoms with Gasteiger partial charge < -0.3 is 10.6 Å². The van der Waals surface area contributed by atoms with E-state index in [0.29, 0.717) is 24.6 Å². The predicted octanol–water partition coefficient (Wildman–Crippen LogP) is 3.33. The number of benzene rings is 2. The lowest BCUT2D eigenvalue weighted by molar-refractivity contribution is 0.0950. The maximum Gasteiger partial charge on any atom is 0.254 e. The van der Waals surface area contributed by atoms with Crippen LogP contribution in [-0.4, -0.2) is 15.9 Å². The van der Waals surface area contributed by atoms with Crippen molar-refractivity contribution in [3.63, 3.8) is 0 Å². The van der Waals surface area contributed by atoms with Crippen LogP contribution in [0, 0.1) is 6.92 Å². The van der Waals surface area contributed by atoms with Crippen LogP contribution in [0.1, 0.15) is 27.0 Å². The summed E-state index contributed by atoms with van der Waals surface area (Å²) in [5.74, 6) is 0.317. The monoisotopic (exact) mass is 332 g/mol. The third-order valence-corrected chi connectivity index (χ3v) is 3.91. The highest BCUT2D eigenvalue weighted by atomic mass is 16.1. The largest absolute Gasteiger partial charge is 0.350 e. The molecule has 0 aliphatic carbocycles. The van der Waals surface area contributed by atoms with Crippen molar-refractivity contribution < 1.29 is 4.79 Å². The number of nitrogens with zero attached hydrogens (tertiary/aromatic N) is 2. The molecule has 3 rings (SSSR count). The van der Waals surface area contributed by atoms with Gasteiger partial charge in [0, 0.05) is 25.5 Å². The minimum atomic E-state index is -0.186.